The molecule has 2 rings (SSSR count). The van der Waals surface area contributed by atoms with Crippen molar-refractivity contribution < 1.29 is 0 Å². The number of hydrogen-bond acceptors (Lipinski definition) is 2. The molecule has 0 aliphatic heterocycles. The maximum Gasteiger partial charge on any atom is 0.254 e. The monoisotopic (exact) mass is 122 g/mol. The van der Waals surface area contributed by atoms with Crippen LogP contribution in [0.3, 0.4) is 0 Å². The Bertz CT molecular complexity index is 289. The predicted octanol–water partition coefficient (Wildman–Crippen LogP) is -0.131. The highest BCUT2D eigenvalue weighted by Gasteiger charge is 2.16. The molecule has 0 radical (unpaired) electrons. The Morgan fingerprint density at radius 2 is 2.44 bits per heavy atom. The van der Waals surface area contributed by atoms with Gasteiger partial charge in [-0.25, -0.2) is 4.98 Å². The summed E-state index contributed by atoms with van der Waals surface area (Å²) in [5, 5.41) is 0. The lowest BCUT2D eigenvalue weighted by Crippen LogP contribution is -2.24. The molecule has 1 aromatic rings. The molecule has 46 valence electrons. The number of nitrogens with zero attached hydrogens (tertiary/aromatic N) is 1. The van der Waals surface area contributed by atoms with Gasteiger partial charge in [-0.05, 0) is 12.8 Å². The molecule has 1 aromatic heterocycles. The SMILES string of the molecule is O=c1[nH]cnc2c1CC2. The minimum absolute atomic E-state index is 0.0336. The highest BCUT2D eigenvalue weighted by Crippen LogP contribution is 2.13. The molecule has 0 unspecified atom stereocenters. The Kier molecular flexibility index (Phi) is 0.754. The number of H-pyrrole nitrogens is 1. The van der Waals surface area contributed by atoms with Gasteiger partial charge in [0, 0.05) is 5.56 Å². The molecule has 0 atom stereocenters. The van der Waals surface area contributed by atoms with Crippen LogP contribution in [0.15, 0.2) is 11.1 Å². The van der Waals surface area contributed by atoms with Gasteiger partial charge in [0.1, 0.15) is 0 Å². The molecule has 1 aliphatic carbocycles. The average molecular weight is 122 g/mol. The van der Waals surface area contributed by atoms with E-state index < -0.39 is 0 Å². The molecule has 0 spiro atoms. The van der Waals surface area contributed by atoms with Crippen molar-refractivity contribution in [3.05, 3.63) is 27.9 Å². The van der Waals surface area contributed by atoms with Crippen LogP contribution in [0.1, 0.15) is 11.3 Å². The molecule has 0 amide bonds. The fourth-order valence-electron chi connectivity index (χ4n) is 1.00. The fraction of sp³-hybridized carbons (Fsp3) is 0.333. The number of aromatic amines is 1. The van der Waals surface area contributed by atoms with Crippen LogP contribution in [0.5, 0.6) is 0 Å². The number of fused-ring (bicyclic) bond motifs is 1. The van der Waals surface area contributed by atoms with Crippen LogP contribution in [0, 0.1) is 0 Å². The lowest BCUT2D eigenvalue weighted by molar-refractivity contribution is 0.755. The standard InChI is InChI=1S/C6H6N2O/c9-6-4-1-2-5(4)7-3-8-6/h3H,1-2H2,(H,7,8,9). The van der Waals surface area contributed by atoms with Gasteiger partial charge in [0.2, 0.25) is 0 Å². The summed E-state index contributed by atoms with van der Waals surface area (Å²) in [6.07, 6.45) is 3.33. The van der Waals surface area contributed by atoms with E-state index in [2.05, 4.69) is 9.97 Å². The van der Waals surface area contributed by atoms with Crippen molar-refractivity contribution in [2.45, 2.75) is 12.8 Å². The number of aromatic nitrogens is 2. The van der Waals surface area contributed by atoms with Gasteiger partial charge in [-0.3, -0.25) is 4.79 Å². The molecule has 0 saturated carbocycles. The molecule has 3 heteroatoms. The van der Waals surface area contributed by atoms with E-state index >= 15 is 0 Å². The molecule has 0 aromatic carbocycles. The zero-order valence-corrected chi connectivity index (χ0v) is 4.85. The highest BCUT2D eigenvalue weighted by molar-refractivity contribution is 5.25. The minimum atomic E-state index is 0.0336. The van der Waals surface area contributed by atoms with E-state index in [1.807, 2.05) is 0 Å². The first-order valence-corrected chi connectivity index (χ1v) is 2.93. The summed E-state index contributed by atoms with van der Waals surface area (Å²) in [6, 6.07) is 0. The van der Waals surface area contributed by atoms with Gasteiger partial charge in [0.25, 0.3) is 5.56 Å². The van der Waals surface area contributed by atoms with Crippen molar-refractivity contribution in [2.75, 3.05) is 0 Å². The second kappa shape index (κ2) is 1.43. The van der Waals surface area contributed by atoms with Crippen molar-refractivity contribution in [3.63, 3.8) is 0 Å². The van der Waals surface area contributed by atoms with Gasteiger partial charge in [0.05, 0.1) is 12.0 Å². The third-order valence-electron chi connectivity index (χ3n) is 1.65. The topological polar surface area (TPSA) is 45.8 Å². The summed E-state index contributed by atoms with van der Waals surface area (Å²) in [4.78, 5) is 17.3. The molecule has 1 heterocycles. The molecule has 0 bridgehead atoms. The molecule has 1 aliphatic rings. The molecular weight excluding hydrogens is 116 g/mol. The molecule has 3 nitrogen and oxygen atoms in total. The Balaban J connectivity index is 2.78. The van der Waals surface area contributed by atoms with Gasteiger partial charge in [-0.1, -0.05) is 0 Å². The van der Waals surface area contributed by atoms with E-state index in [4.69, 9.17) is 0 Å². The van der Waals surface area contributed by atoms with Crippen LogP contribution in [0.4, 0.5) is 0 Å². The third-order valence-corrected chi connectivity index (χ3v) is 1.65. The largest absolute Gasteiger partial charge is 0.313 e. The molecule has 0 saturated heterocycles. The van der Waals surface area contributed by atoms with Crippen LogP contribution < -0.4 is 5.56 Å². The lowest BCUT2D eigenvalue weighted by atomic mass is 9.96. The Hall–Kier alpha value is -1.12. The van der Waals surface area contributed by atoms with Gasteiger partial charge in [0.15, 0.2) is 0 Å². The molecule has 1 N–H and O–H groups in total. The summed E-state index contributed by atoms with van der Waals surface area (Å²) in [5.74, 6) is 0. The molecular formula is C6H6N2O. The van der Waals surface area contributed by atoms with Gasteiger partial charge in [-0.2, -0.15) is 0 Å². The average Bonchev–Trinajstić information content (AvgIpc) is 1.74. The van der Waals surface area contributed by atoms with Gasteiger partial charge >= 0.3 is 0 Å². The van der Waals surface area contributed by atoms with Gasteiger partial charge in [-0.15, -0.1) is 0 Å². The zero-order valence-electron chi connectivity index (χ0n) is 4.85. The van der Waals surface area contributed by atoms with E-state index in [1.54, 1.807) is 0 Å². The maximum atomic E-state index is 10.8. The van der Waals surface area contributed by atoms with Crippen molar-refractivity contribution >= 4 is 0 Å². The van der Waals surface area contributed by atoms with Crippen LogP contribution in [0.2, 0.25) is 0 Å². The summed E-state index contributed by atoms with van der Waals surface area (Å²) in [6.45, 7) is 0. The highest BCUT2D eigenvalue weighted by atomic mass is 16.1. The quantitative estimate of drug-likeness (QED) is 0.521. The molecule has 9 heavy (non-hydrogen) atoms. The minimum Gasteiger partial charge on any atom is -0.313 e. The summed E-state index contributed by atoms with van der Waals surface area (Å²) in [7, 11) is 0. The third kappa shape index (κ3) is 0.512. The van der Waals surface area contributed by atoms with Crippen molar-refractivity contribution in [1.29, 1.82) is 0 Å². The first kappa shape index (κ1) is 4.73. The lowest BCUT2D eigenvalue weighted by Gasteiger charge is -2.13. The van der Waals surface area contributed by atoms with Crippen LogP contribution in [0.25, 0.3) is 0 Å². The van der Waals surface area contributed by atoms with Crippen molar-refractivity contribution in [3.8, 4) is 0 Å². The summed E-state index contributed by atoms with van der Waals surface area (Å²) < 4.78 is 0. The Labute approximate surface area is 51.8 Å². The van der Waals surface area contributed by atoms with Crippen molar-refractivity contribution in [1.82, 2.24) is 9.97 Å². The van der Waals surface area contributed by atoms with Crippen LogP contribution in [-0.4, -0.2) is 9.97 Å². The van der Waals surface area contributed by atoms with E-state index in [0.29, 0.717) is 0 Å². The van der Waals surface area contributed by atoms with E-state index in [-0.39, 0.29) is 5.56 Å². The Morgan fingerprint density at radius 3 is 2.89 bits per heavy atom. The first-order chi connectivity index (χ1) is 4.38. The van der Waals surface area contributed by atoms with E-state index in [1.165, 1.54) is 6.33 Å². The predicted molar refractivity (Wildman–Crippen MR) is 32.3 cm³/mol. The van der Waals surface area contributed by atoms with Crippen LogP contribution >= 0.6 is 0 Å². The number of rotatable bonds is 0. The first-order valence-electron chi connectivity index (χ1n) is 2.93. The fourth-order valence-corrected chi connectivity index (χ4v) is 1.00. The second-order valence-electron chi connectivity index (χ2n) is 2.16. The zero-order chi connectivity index (χ0) is 6.27. The summed E-state index contributed by atoms with van der Waals surface area (Å²) >= 11 is 0. The number of aryl methyl sites for hydroxylation is 1. The Morgan fingerprint density at radius 1 is 1.56 bits per heavy atom. The van der Waals surface area contributed by atoms with Gasteiger partial charge < -0.3 is 4.98 Å². The maximum absolute atomic E-state index is 10.8. The second-order valence-corrected chi connectivity index (χ2v) is 2.16. The number of nitrogens with one attached hydrogen (secondary N) is 1. The van der Waals surface area contributed by atoms with Crippen LogP contribution in [-0.2, 0) is 12.8 Å². The number of hydrogen-bond donors (Lipinski definition) is 1. The van der Waals surface area contributed by atoms with E-state index in [9.17, 15) is 4.79 Å². The van der Waals surface area contributed by atoms with Crippen molar-refractivity contribution in [2.24, 2.45) is 0 Å². The smallest absolute Gasteiger partial charge is 0.254 e. The normalized spacial score (nSPS) is 14.2. The molecule has 0 fully saturated rings. The summed E-state index contributed by atoms with van der Waals surface area (Å²) in [5.41, 5.74) is 1.88. The van der Waals surface area contributed by atoms with E-state index in [0.717, 1.165) is 24.1 Å².